The molecule has 2 aromatic carbocycles. The lowest BCUT2D eigenvalue weighted by Crippen LogP contribution is -2.39. The van der Waals surface area contributed by atoms with Crippen LogP contribution in [-0.4, -0.2) is 34.4 Å². The second kappa shape index (κ2) is 9.54. The number of nitrogens with one attached hydrogen (secondary N) is 1. The number of carbonyl (C=O) groups is 2. The van der Waals surface area contributed by atoms with E-state index in [1.54, 1.807) is 16.2 Å². The molecule has 1 atom stereocenters. The molecule has 3 aromatic rings. The van der Waals surface area contributed by atoms with Crippen molar-refractivity contribution in [1.29, 1.82) is 0 Å². The highest BCUT2D eigenvalue weighted by atomic mass is 32.1. The van der Waals surface area contributed by atoms with Crippen molar-refractivity contribution in [3.63, 3.8) is 0 Å². The highest BCUT2D eigenvalue weighted by Crippen LogP contribution is 2.28. The average Bonchev–Trinajstić information content (AvgIpc) is 3.36. The van der Waals surface area contributed by atoms with Crippen LogP contribution in [0.5, 0.6) is 0 Å². The molecule has 1 N–H and O–H groups in total. The van der Waals surface area contributed by atoms with Crippen molar-refractivity contribution in [3.05, 3.63) is 82.6 Å². The average molecular weight is 472 g/mol. The summed E-state index contributed by atoms with van der Waals surface area (Å²) in [6, 6.07) is 14.0. The monoisotopic (exact) mass is 471 g/mol. The summed E-state index contributed by atoms with van der Waals surface area (Å²) in [6.07, 6.45) is 0.539. The van der Waals surface area contributed by atoms with E-state index in [1.165, 1.54) is 53.4 Å². The second-order valence-electron chi connectivity index (χ2n) is 7.23. The van der Waals surface area contributed by atoms with Gasteiger partial charge in [0.1, 0.15) is 17.7 Å². The molecule has 9 heteroatoms. The molecular weight excluding hydrogens is 452 g/mol. The summed E-state index contributed by atoms with van der Waals surface area (Å²) in [5.41, 5.74) is 0.883. The zero-order valence-corrected chi connectivity index (χ0v) is 18.5. The minimum absolute atomic E-state index is 0.127. The van der Waals surface area contributed by atoms with Gasteiger partial charge in [0.2, 0.25) is 5.91 Å². The maximum Gasteiger partial charge on any atom is 0.256 e. The van der Waals surface area contributed by atoms with E-state index in [2.05, 4.69) is 5.32 Å². The van der Waals surface area contributed by atoms with Crippen molar-refractivity contribution < 1.29 is 18.4 Å². The van der Waals surface area contributed by atoms with E-state index in [9.17, 15) is 18.4 Å². The molecule has 0 radical (unpaired) electrons. The lowest BCUT2D eigenvalue weighted by molar-refractivity contribution is -0.124. The van der Waals surface area contributed by atoms with Crippen LogP contribution in [0.1, 0.15) is 11.3 Å². The van der Waals surface area contributed by atoms with Crippen LogP contribution < -0.4 is 10.2 Å². The largest absolute Gasteiger partial charge is 0.336 e. The van der Waals surface area contributed by atoms with E-state index in [4.69, 9.17) is 12.2 Å². The molecule has 5 nitrogen and oxygen atoms in total. The summed E-state index contributed by atoms with van der Waals surface area (Å²) < 4.78 is 26.5. The van der Waals surface area contributed by atoms with Crippen LogP contribution in [0.4, 0.5) is 20.2 Å². The molecule has 0 spiro atoms. The van der Waals surface area contributed by atoms with Gasteiger partial charge in [0.15, 0.2) is 5.11 Å². The molecule has 1 saturated heterocycles. The summed E-state index contributed by atoms with van der Waals surface area (Å²) in [5.74, 6) is -1.56. The number of anilines is 2. The molecule has 1 aromatic heterocycles. The van der Waals surface area contributed by atoms with Gasteiger partial charge in [-0.25, -0.2) is 8.78 Å². The summed E-state index contributed by atoms with van der Waals surface area (Å²) in [5, 5.41) is 4.94. The number of amides is 2. The van der Waals surface area contributed by atoms with E-state index in [0.717, 1.165) is 4.88 Å². The molecule has 1 fully saturated rings. The van der Waals surface area contributed by atoms with Crippen molar-refractivity contribution in [2.24, 2.45) is 0 Å². The van der Waals surface area contributed by atoms with Crippen molar-refractivity contribution in [2.45, 2.75) is 18.9 Å². The number of carbonyl (C=O) groups excluding carboxylic acids is 2. The Morgan fingerprint density at radius 3 is 2.31 bits per heavy atom. The fraction of sp³-hybridized carbons (Fsp3) is 0.174. The summed E-state index contributed by atoms with van der Waals surface area (Å²) in [7, 11) is 0. The topological polar surface area (TPSA) is 52.7 Å². The highest BCUT2D eigenvalue weighted by Gasteiger charge is 2.43. The van der Waals surface area contributed by atoms with Crippen molar-refractivity contribution >= 4 is 51.9 Å². The maximum absolute atomic E-state index is 13.4. The molecule has 1 aliphatic rings. The number of nitrogens with zero attached hydrogens (tertiary/aromatic N) is 2. The first-order valence-electron chi connectivity index (χ1n) is 9.90. The molecule has 0 unspecified atom stereocenters. The standard InChI is InChI=1S/C23H19F2N3O2S2/c24-15-3-7-17(8-4-15)26-21(29)14-20-22(30)28(18-9-5-16(25)6-10-18)23(31)27(20)12-11-19-2-1-13-32-19/h1-10,13,20H,11-12,14H2,(H,26,29)/t20-/m0/s1. The Bertz CT molecular complexity index is 1120. The Morgan fingerprint density at radius 1 is 1.03 bits per heavy atom. The van der Waals surface area contributed by atoms with Gasteiger partial charge in [0.25, 0.3) is 5.91 Å². The first-order valence-corrected chi connectivity index (χ1v) is 11.2. The molecular formula is C23H19F2N3O2S2. The summed E-state index contributed by atoms with van der Waals surface area (Å²) in [6.45, 7) is 0.456. The van der Waals surface area contributed by atoms with Gasteiger partial charge in [-0.3, -0.25) is 14.5 Å². The fourth-order valence-corrected chi connectivity index (χ4v) is 4.63. The third kappa shape index (κ3) is 4.84. The number of thiophene rings is 1. The van der Waals surface area contributed by atoms with Crippen LogP contribution >= 0.6 is 23.6 Å². The van der Waals surface area contributed by atoms with E-state index < -0.39 is 17.7 Å². The van der Waals surface area contributed by atoms with Gasteiger partial charge in [0.05, 0.1) is 12.1 Å². The minimum atomic E-state index is -0.798. The number of halogens is 2. The number of thiocarbonyl (C=S) groups is 1. The van der Waals surface area contributed by atoms with Crippen LogP contribution in [0.3, 0.4) is 0 Å². The lowest BCUT2D eigenvalue weighted by atomic mass is 10.1. The molecule has 164 valence electrons. The summed E-state index contributed by atoms with van der Waals surface area (Å²) >= 11 is 7.19. The van der Waals surface area contributed by atoms with E-state index in [1.807, 2.05) is 17.5 Å². The zero-order chi connectivity index (χ0) is 22.7. The van der Waals surface area contributed by atoms with Gasteiger partial charge in [-0.2, -0.15) is 0 Å². The number of benzene rings is 2. The predicted molar refractivity (Wildman–Crippen MR) is 125 cm³/mol. The predicted octanol–water partition coefficient (Wildman–Crippen LogP) is 4.60. The van der Waals surface area contributed by atoms with Gasteiger partial charge in [0, 0.05) is 17.1 Å². The molecule has 4 rings (SSSR count). The third-order valence-electron chi connectivity index (χ3n) is 5.09. The molecule has 2 heterocycles. The van der Waals surface area contributed by atoms with Gasteiger partial charge in [-0.05, 0) is 78.6 Å². The van der Waals surface area contributed by atoms with Crippen molar-refractivity contribution in [1.82, 2.24) is 4.90 Å². The molecule has 1 aliphatic heterocycles. The van der Waals surface area contributed by atoms with Gasteiger partial charge in [-0.1, -0.05) is 6.07 Å². The highest BCUT2D eigenvalue weighted by molar-refractivity contribution is 7.80. The molecule has 0 bridgehead atoms. The van der Waals surface area contributed by atoms with Gasteiger partial charge < -0.3 is 10.2 Å². The molecule has 0 saturated carbocycles. The number of hydrogen-bond donors (Lipinski definition) is 1. The van der Waals surface area contributed by atoms with E-state index in [0.29, 0.717) is 24.3 Å². The number of hydrogen-bond acceptors (Lipinski definition) is 4. The second-order valence-corrected chi connectivity index (χ2v) is 8.63. The Kier molecular flexibility index (Phi) is 6.57. The molecule has 0 aliphatic carbocycles. The summed E-state index contributed by atoms with van der Waals surface area (Å²) in [4.78, 5) is 30.2. The maximum atomic E-state index is 13.4. The van der Waals surface area contributed by atoms with E-state index in [-0.39, 0.29) is 23.3 Å². The van der Waals surface area contributed by atoms with Crippen LogP contribution in [0.25, 0.3) is 0 Å². The smallest absolute Gasteiger partial charge is 0.256 e. The molecule has 2 amide bonds. The number of rotatable bonds is 7. The van der Waals surface area contributed by atoms with Gasteiger partial charge >= 0.3 is 0 Å². The quantitative estimate of drug-likeness (QED) is 0.512. The van der Waals surface area contributed by atoms with Crippen LogP contribution in [0, 0.1) is 11.6 Å². The SMILES string of the molecule is O=C(C[C@H]1C(=O)N(c2ccc(F)cc2)C(=S)N1CCc1cccs1)Nc1ccc(F)cc1. The minimum Gasteiger partial charge on any atom is -0.336 e. The Hall–Kier alpha value is -3.17. The third-order valence-corrected chi connectivity index (χ3v) is 6.44. The first-order chi connectivity index (χ1) is 15.4. The normalized spacial score (nSPS) is 16.0. The Balaban J connectivity index is 1.54. The van der Waals surface area contributed by atoms with Crippen molar-refractivity contribution in [2.75, 3.05) is 16.8 Å². The van der Waals surface area contributed by atoms with E-state index >= 15 is 0 Å². The fourth-order valence-electron chi connectivity index (χ4n) is 3.52. The molecule has 32 heavy (non-hydrogen) atoms. The lowest BCUT2D eigenvalue weighted by Gasteiger charge is -2.23. The van der Waals surface area contributed by atoms with Crippen LogP contribution in [0.2, 0.25) is 0 Å². The Labute approximate surface area is 193 Å². The van der Waals surface area contributed by atoms with Crippen LogP contribution in [-0.2, 0) is 16.0 Å². The van der Waals surface area contributed by atoms with Crippen molar-refractivity contribution in [3.8, 4) is 0 Å². The Morgan fingerprint density at radius 2 is 1.69 bits per heavy atom. The zero-order valence-electron chi connectivity index (χ0n) is 16.8. The first kappa shape index (κ1) is 22.0. The van der Waals surface area contributed by atoms with Gasteiger partial charge in [-0.15, -0.1) is 11.3 Å². The van der Waals surface area contributed by atoms with Crippen LogP contribution in [0.15, 0.2) is 66.0 Å².